The van der Waals surface area contributed by atoms with Gasteiger partial charge in [0.15, 0.2) is 0 Å². The molecule has 0 amide bonds. The lowest BCUT2D eigenvalue weighted by atomic mass is 9.96. The lowest BCUT2D eigenvalue weighted by Gasteiger charge is -2.16. The number of hydrogen-bond donors (Lipinski definition) is 8. The van der Waals surface area contributed by atoms with E-state index in [0.29, 0.717) is 19.3 Å². The first-order valence-electron chi connectivity index (χ1n) is 15.1. The van der Waals surface area contributed by atoms with Crippen molar-refractivity contribution in [3.63, 3.8) is 0 Å². The van der Waals surface area contributed by atoms with Crippen molar-refractivity contribution in [1.29, 1.82) is 0 Å². The number of hydrogen-bond acceptors (Lipinski definition) is 5. The molecular weight excluding hydrogens is 593 g/mol. The van der Waals surface area contributed by atoms with E-state index in [0.717, 1.165) is 78.1 Å². The van der Waals surface area contributed by atoms with E-state index in [1.54, 1.807) is 0 Å². The third-order valence-corrected chi connectivity index (χ3v) is 9.69. The van der Waals surface area contributed by atoms with Crippen LogP contribution in [0.1, 0.15) is 107 Å². The third-order valence-electron chi connectivity index (χ3n) is 9.18. The van der Waals surface area contributed by atoms with Gasteiger partial charge in [-0.25, -0.2) is 0 Å². The van der Waals surface area contributed by atoms with E-state index >= 15 is 0 Å². The van der Waals surface area contributed by atoms with Crippen molar-refractivity contribution < 1.29 is 19.8 Å². The van der Waals surface area contributed by atoms with Crippen LogP contribution in [-0.4, -0.2) is 43.1 Å². The molecule has 5 rings (SSSR count). The zero-order valence-corrected chi connectivity index (χ0v) is 27.9. The molecule has 3 aromatic rings. The number of H-pyrrole nitrogens is 3. The molecule has 6 N–H and O–H groups in total. The Morgan fingerprint density at radius 1 is 0.795 bits per heavy atom. The van der Waals surface area contributed by atoms with Gasteiger partial charge in [0, 0.05) is 68.9 Å². The molecule has 44 heavy (non-hydrogen) atoms. The minimum atomic E-state index is -0.854. The summed E-state index contributed by atoms with van der Waals surface area (Å²) in [6.07, 6.45) is 7.75. The van der Waals surface area contributed by atoms with E-state index in [1.165, 1.54) is 5.56 Å². The molecule has 8 bridgehead atoms. The molecule has 2 aliphatic rings. The van der Waals surface area contributed by atoms with Crippen molar-refractivity contribution in [3.05, 3.63) is 83.7 Å². The number of thiol groups is 2. The molecule has 3 atom stereocenters. The second-order valence-corrected chi connectivity index (χ2v) is 13.7. The van der Waals surface area contributed by atoms with Gasteiger partial charge in [-0.15, -0.1) is 0 Å². The maximum atomic E-state index is 11.6. The topological polar surface area (TPSA) is 134 Å². The monoisotopic (exact) mass is 634 g/mol. The number of aliphatic carboxylic acids is 2. The highest BCUT2D eigenvalue weighted by molar-refractivity contribution is 7.80. The van der Waals surface area contributed by atoms with Gasteiger partial charge < -0.3 is 30.5 Å². The lowest BCUT2D eigenvalue weighted by Crippen LogP contribution is -2.26. The highest BCUT2D eigenvalue weighted by Gasteiger charge is 2.29. The van der Waals surface area contributed by atoms with Crippen LogP contribution in [0.25, 0.3) is 18.2 Å². The fourth-order valence-corrected chi connectivity index (χ4v) is 7.54. The molecule has 0 radical (unpaired) electrons. The first kappa shape index (κ1) is 31.9. The van der Waals surface area contributed by atoms with Crippen LogP contribution in [0, 0.1) is 20.8 Å². The second kappa shape index (κ2) is 12.5. The molecule has 0 saturated heterocycles. The SMILES string of the molecule is CC1=C(CCC(=O)O)/C2=C/c3[nH]c(c(C)c3CCC(=O)O)/C=c3\[nH]/c(c(C(C)S)c3C)=C\c3[nH]c(c(C(C)S)c3C)CC1N2. The molecule has 234 valence electrons. The Balaban J connectivity index is 1.82. The summed E-state index contributed by atoms with van der Waals surface area (Å²) < 4.78 is 0. The van der Waals surface area contributed by atoms with Gasteiger partial charge in [0.2, 0.25) is 0 Å². The molecule has 0 aliphatic carbocycles. The minimum absolute atomic E-state index is 0.00598. The molecule has 0 fully saturated rings. The number of carboxylic acid groups (broad SMARTS) is 2. The summed E-state index contributed by atoms with van der Waals surface area (Å²) in [7, 11) is 0. The number of rotatable bonds is 8. The summed E-state index contributed by atoms with van der Waals surface area (Å²) >= 11 is 9.70. The smallest absolute Gasteiger partial charge is 0.303 e. The minimum Gasteiger partial charge on any atom is -0.481 e. The Kier molecular flexibility index (Phi) is 9.05. The normalized spacial score (nSPS) is 20.2. The highest BCUT2D eigenvalue weighted by Crippen LogP contribution is 2.36. The maximum absolute atomic E-state index is 11.6. The van der Waals surface area contributed by atoms with Gasteiger partial charge in [-0.2, -0.15) is 25.3 Å². The van der Waals surface area contributed by atoms with Gasteiger partial charge in [0.25, 0.3) is 0 Å². The number of nitrogens with one attached hydrogen (secondary N) is 4. The van der Waals surface area contributed by atoms with Crippen LogP contribution < -0.4 is 16.0 Å². The summed E-state index contributed by atoms with van der Waals surface area (Å²) in [6, 6.07) is -0.0494. The zero-order chi connectivity index (χ0) is 32.0. The van der Waals surface area contributed by atoms with Crippen LogP contribution >= 0.6 is 25.3 Å². The number of fused-ring (bicyclic) bond motifs is 8. The Labute approximate surface area is 268 Å². The number of carboxylic acids is 2. The number of aromatic nitrogens is 3. The lowest BCUT2D eigenvalue weighted by molar-refractivity contribution is -0.138. The Morgan fingerprint density at radius 3 is 2.05 bits per heavy atom. The second-order valence-electron chi connectivity index (χ2n) is 12.2. The van der Waals surface area contributed by atoms with E-state index in [9.17, 15) is 19.8 Å². The predicted molar refractivity (Wildman–Crippen MR) is 182 cm³/mol. The predicted octanol–water partition coefficient (Wildman–Crippen LogP) is 5.30. The van der Waals surface area contributed by atoms with Crippen LogP contribution in [0.4, 0.5) is 0 Å². The van der Waals surface area contributed by atoms with Gasteiger partial charge in [0.1, 0.15) is 0 Å². The van der Waals surface area contributed by atoms with Crippen molar-refractivity contribution >= 4 is 55.4 Å². The van der Waals surface area contributed by atoms with Gasteiger partial charge in [-0.1, -0.05) is 0 Å². The maximum Gasteiger partial charge on any atom is 0.303 e. The van der Waals surface area contributed by atoms with Crippen LogP contribution in [0.2, 0.25) is 0 Å². The molecular formula is C34H42N4O4S2. The summed E-state index contributed by atoms with van der Waals surface area (Å²) in [5, 5.41) is 24.7. The summed E-state index contributed by atoms with van der Waals surface area (Å²) in [5.41, 5.74) is 13.2. The Hall–Kier alpha value is -3.50. The standard InChI is InChI=1S/C34H42N4O4S2/c1-15-21(7-9-31(39)40)27-14-28-22(8-10-32(41)42)16(2)24(36-28)12-29-34(20(6)44)18(4)26(38-29)13-30-33(19(5)43)17(3)25(37-30)11-23(15)35-27/h11,13-14,19-20,24,35-38,43-44H,7-10,12H2,1-6H3,(H,39,40)(H,41,42)/b25-11-,28-14-,30-13-. The number of carbonyl (C=O) groups is 2. The Morgan fingerprint density at radius 2 is 1.41 bits per heavy atom. The fraction of sp³-hybridized carbons (Fsp3) is 0.412. The molecule has 0 aromatic carbocycles. The average Bonchev–Trinajstić information content (AvgIpc) is 3.59. The van der Waals surface area contributed by atoms with Crippen molar-refractivity contribution in [1.82, 2.24) is 20.3 Å². The van der Waals surface area contributed by atoms with E-state index in [2.05, 4.69) is 67.0 Å². The fourth-order valence-electron chi connectivity index (χ4n) is 6.86. The molecule has 2 aliphatic heterocycles. The zero-order valence-electron chi connectivity index (χ0n) is 26.1. The van der Waals surface area contributed by atoms with Crippen molar-refractivity contribution in [2.45, 2.75) is 90.2 Å². The number of allylic oxidation sites excluding steroid dienone is 1. The van der Waals surface area contributed by atoms with E-state index in [4.69, 9.17) is 25.3 Å². The first-order chi connectivity index (χ1) is 20.8. The quantitative estimate of drug-likeness (QED) is 0.159. The van der Waals surface area contributed by atoms with E-state index in [-0.39, 0.29) is 29.4 Å². The first-order valence-corrected chi connectivity index (χ1v) is 16.1. The molecule has 0 spiro atoms. The highest BCUT2D eigenvalue weighted by atomic mass is 32.1. The summed E-state index contributed by atoms with van der Waals surface area (Å²) in [4.78, 5) is 34.2. The van der Waals surface area contributed by atoms with Gasteiger partial charge >= 0.3 is 11.9 Å². The largest absolute Gasteiger partial charge is 0.481 e. The number of aromatic amines is 3. The molecule has 0 saturated carbocycles. The van der Waals surface area contributed by atoms with Crippen LogP contribution in [0.3, 0.4) is 0 Å². The van der Waals surface area contributed by atoms with Gasteiger partial charge in [-0.3, -0.25) is 9.59 Å². The van der Waals surface area contributed by atoms with Gasteiger partial charge in [-0.05, 0) is 117 Å². The summed E-state index contributed by atoms with van der Waals surface area (Å²) in [6.45, 7) is 12.5. The summed E-state index contributed by atoms with van der Waals surface area (Å²) in [5.74, 6) is -1.70. The third kappa shape index (κ3) is 6.06. The van der Waals surface area contributed by atoms with Crippen LogP contribution in [0.5, 0.6) is 0 Å². The van der Waals surface area contributed by atoms with Crippen LogP contribution in [-0.2, 0) is 22.4 Å². The van der Waals surface area contributed by atoms with Crippen molar-refractivity contribution in [2.75, 3.05) is 0 Å². The molecule has 8 nitrogen and oxygen atoms in total. The van der Waals surface area contributed by atoms with Crippen molar-refractivity contribution in [3.8, 4) is 0 Å². The molecule has 10 heteroatoms. The van der Waals surface area contributed by atoms with Crippen molar-refractivity contribution in [2.24, 2.45) is 0 Å². The van der Waals surface area contributed by atoms with E-state index in [1.807, 2.05) is 13.0 Å². The van der Waals surface area contributed by atoms with E-state index < -0.39 is 11.9 Å². The Bertz CT molecular complexity index is 1830. The molecule has 3 unspecified atom stereocenters. The average molecular weight is 635 g/mol. The van der Waals surface area contributed by atoms with Crippen LogP contribution in [0.15, 0.2) is 16.8 Å². The van der Waals surface area contributed by atoms with Gasteiger partial charge in [0.05, 0.1) is 6.04 Å². The molecule has 5 heterocycles. The molecule has 3 aromatic heterocycles.